The standard InChI is InChI=1S/C11H10N2O4/c1-17-10(14)5-7-6-12-8-3-2-4-9(11(7)8)13(15)16/h2-4,6,12H,5H2,1H3. The van der Waals surface area contributed by atoms with Gasteiger partial charge in [0.05, 0.1) is 29.4 Å². The van der Waals surface area contributed by atoms with Crippen LogP contribution in [0.5, 0.6) is 0 Å². The van der Waals surface area contributed by atoms with Gasteiger partial charge in [-0.3, -0.25) is 14.9 Å². The van der Waals surface area contributed by atoms with Gasteiger partial charge in [-0.15, -0.1) is 0 Å². The number of nitrogens with zero attached hydrogens (tertiary/aromatic N) is 1. The molecule has 2 rings (SSSR count). The number of nitrogens with one attached hydrogen (secondary N) is 1. The number of hydrogen-bond donors (Lipinski definition) is 1. The summed E-state index contributed by atoms with van der Waals surface area (Å²) in [6.45, 7) is 0. The highest BCUT2D eigenvalue weighted by molar-refractivity contribution is 5.94. The second kappa shape index (κ2) is 4.25. The molecular formula is C11H10N2O4. The van der Waals surface area contributed by atoms with Gasteiger partial charge in [0.15, 0.2) is 0 Å². The number of methoxy groups -OCH3 is 1. The Balaban J connectivity index is 2.57. The third kappa shape index (κ3) is 1.96. The zero-order valence-electron chi connectivity index (χ0n) is 9.10. The van der Waals surface area contributed by atoms with E-state index in [9.17, 15) is 14.9 Å². The SMILES string of the molecule is COC(=O)Cc1c[nH]c2cccc([N+](=O)[O-])c12. The van der Waals surface area contributed by atoms with Gasteiger partial charge in [0.25, 0.3) is 5.69 Å². The summed E-state index contributed by atoms with van der Waals surface area (Å²) >= 11 is 0. The quantitative estimate of drug-likeness (QED) is 0.498. The fourth-order valence-electron chi connectivity index (χ4n) is 1.75. The summed E-state index contributed by atoms with van der Waals surface area (Å²) in [6, 6.07) is 4.74. The first-order chi connectivity index (χ1) is 8.13. The van der Waals surface area contributed by atoms with E-state index in [0.717, 1.165) is 0 Å². The van der Waals surface area contributed by atoms with E-state index >= 15 is 0 Å². The fourth-order valence-corrected chi connectivity index (χ4v) is 1.75. The van der Waals surface area contributed by atoms with Crippen LogP contribution in [0, 0.1) is 10.1 Å². The molecule has 0 atom stereocenters. The Hall–Kier alpha value is -2.37. The van der Waals surface area contributed by atoms with Crippen molar-refractivity contribution in [3.8, 4) is 0 Å². The molecule has 2 aromatic rings. The van der Waals surface area contributed by atoms with E-state index in [1.54, 1.807) is 18.3 Å². The van der Waals surface area contributed by atoms with Crippen LogP contribution in [0.3, 0.4) is 0 Å². The predicted molar refractivity (Wildman–Crippen MR) is 60.7 cm³/mol. The van der Waals surface area contributed by atoms with Crippen molar-refractivity contribution in [3.05, 3.63) is 40.1 Å². The monoisotopic (exact) mass is 234 g/mol. The molecule has 0 aliphatic rings. The molecule has 0 bridgehead atoms. The molecule has 0 unspecified atom stereocenters. The van der Waals surface area contributed by atoms with Gasteiger partial charge < -0.3 is 9.72 Å². The number of H-pyrrole nitrogens is 1. The Morgan fingerprint density at radius 1 is 1.53 bits per heavy atom. The van der Waals surface area contributed by atoms with E-state index in [4.69, 9.17) is 0 Å². The maximum absolute atomic E-state index is 11.2. The van der Waals surface area contributed by atoms with Crippen molar-refractivity contribution in [1.29, 1.82) is 0 Å². The van der Waals surface area contributed by atoms with Crippen LogP contribution in [-0.2, 0) is 16.0 Å². The highest BCUT2D eigenvalue weighted by Gasteiger charge is 2.18. The van der Waals surface area contributed by atoms with Gasteiger partial charge in [0.1, 0.15) is 0 Å². The highest BCUT2D eigenvalue weighted by atomic mass is 16.6. The van der Waals surface area contributed by atoms with Gasteiger partial charge in [-0.05, 0) is 11.6 Å². The lowest BCUT2D eigenvalue weighted by atomic mass is 10.1. The van der Waals surface area contributed by atoms with E-state index in [1.807, 2.05) is 0 Å². The van der Waals surface area contributed by atoms with Crippen LogP contribution in [0.2, 0.25) is 0 Å². The molecular weight excluding hydrogens is 224 g/mol. The third-order valence-corrected chi connectivity index (χ3v) is 2.52. The molecule has 0 saturated heterocycles. The van der Waals surface area contributed by atoms with E-state index in [-0.39, 0.29) is 12.1 Å². The Kier molecular flexibility index (Phi) is 2.78. The maximum Gasteiger partial charge on any atom is 0.310 e. The largest absolute Gasteiger partial charge is 0.469 e. The number of ether oxygens (including phenoxy) is 1. The van der Waals surface area contributed by atoms with Crippen LogP contribution in [0.25, 0.3) is 10.9 Å². The van der Waals surface area contributed by atoms with Crippen molar-refractivity contribution in [2.75, 3.05) is 7.11 Å². The number of rotatable bonds is 3. The van der Waals surface area contributed by atoms with Gasteiger partial charge in [-0.2, -0.15) is 0 Å². The average Bonchev–Trinajstić information content (AvgIpc) is 2.72. The van der Waals surface area contributed by atoms with E-state index < -0.39 is 10.9 Å². The molecule has 0 spiro atoms. The van der Waals surface area contributed by atoms with Crippen LogP contribution in [0.15, 0.2) is 24.4 Å². The Labute approximate surface area is 96.3 Å². The Bertz CT molecular complexity index is 588. The number of carbonyl (C=O) groups excluding carboxylic acids is 1. The van der Waals surface area contributed by atoms with Crippen molar-refractivity contribution in [3.63, 3.8) is 0 Å². The Morgan fingerprint density at radius 3 is 2.94 bits per heavy atom. The first kappa shape index (κ1) is 11.1. The lowest BCUT2D eigenvalue weighted by Crippen LogP contribution is -2.04. The minimum absolute atomic E-state index is 0.0114. The van der Waals surface area contributed by atoms with Crippen molar-refractivity contribution in [1.82, 2.24) is 4.98 Å². The second-order valence-electron chi connectivity index (χ2n) is 3.52. The summed E-state index contributed by atoms with van der Waals surface area (Å²) in [7, 11) is 1.28. The second-order valence-corrected chi connectivity index (χ2v) is 3.52. The summed E-state index contributed by atoms with van der Waals surface area (Å²) in [5.41, 5.74) is 1.19. The summed E-state index contributed by atoms with van der Waals surface area (Å²) in [4.78, 5) is 24.5. The van der Waals surface area contributed by atoms with Crippen LogP contribution in [0.4, 0.5) is 5.69 Å². The number of aromatic nitrogens is 1. The number of fused-ring (bicyclic) bond motifs is 1. The van der Waals surface area contributed by atoms with Crippen molar-refractivity contribution in [2.45, 2.75) is 6.42 Å². The van der Waals surface area contributed by atoms with E-state index in [0.29, 0.717) is 16.5 Å². The Morgan fingerprint density at radius 2 is 2.29 bits per heavy atom. The molecule has 17 heavy (non-hydrogen) atoms. The van der Waals surface area contributed by atoms with Crippen LogP contribution in [0.1, 0.15) is 5.56 Å². The van der Waals surface area contributed by atoms with Crippen molar-refractivity contribution >= 4 is 22.6 Å². The molecule has 0 aliphatic carbocycles. The van der Waals surface area contributed by atoms with Crippen LogP contribution in [-0.4, -0.2) is 23.0 Å². The summed E-state index contributed by atoms with van der Waals surface area (Å²) < 4.78 is 4.55. The molecule has 1 N–H and O–H groups in total. The number of hydrogen-bond acceptors (Lipinski definition) is 4. The molecule has 1 aromatic heterocycles. The minimum Gasteiger partial charge on any atom is -0.469 e. The molecule has 6 nitrogen and oxygen atoms in total. The van der Waals surface area contributed by atoms with E-state index in [2.05, 4.69) is 9.72 Å². The molecule has 0 fully saturated rings. The molecule has 0 amide bonds. The normalized spacial score (nSPS) is 10.4. The van der Waals surface area contributed by atoms with E-state index in [1.165, 1.54) is 13.2 Å². The number of nitro groups is 1. The number of benzene rings is 1. The fraction of sp³-hybridized carbons (Fsp3) is 0.182. The minimum atomic E-state index is -0.461. The van der Waals surface area contributed by atoms with Gasteiger partial charge >= 0.3 is 5.97 Å². The first-order valence-electron chi connectivity index (χ1n) is 4.93. The zero-order valence-corrected chi connectivity index (χ0v) is 9.10. The summed E-state index contributed by atoms with van der Waals surface area (Å²) in [5, 5.41) is 11.4. The molecule has 1 aromatic carbocycles. The maximum atomic E-state index is 11.2. The first-order valence-corrected chi connectivity index (χ1v) is 4.93. The van der Waals surface area contributed by atoms with Gasteiger partial charge in [0, 0.05) is 12.3 Å². The lowest BCUT2D eigenvalue weighted by Gasteiger charge is -1.99. The summed E-state index contributed by atoms with van der Waals surface area (Å²) in [6.07, 6.45) is 1.61. The van der Waals surface area contributed by atoms with Crippen LogP contribution < -0.4 is 0 Å². The van der Waals surface area contributed by atoms with Crippen molar-refractivity contribution in [2.24, 2.45) is 0 Å². The molecule has 88 valence electrons. The van der Waals surface area contributed by atoms with Gasteiger partial charge in [-0.25, -0.2) is 0 Å². The number of nitro benzene ring substituents is 1. The molecule has 0 saturated carbocycles. The highest BCUT2D eigenvalue weighted by Crippen LogP contribution is 2.28. The molecule has 6 heteroatoms. The summed E-state index contributed by atoms with van der Waals surface area (Å²) in [5.74, 6) is -0.427. The zero-order chi connectivity index (χ0) is 12.4. The molecule has 0 aliphatic heterocycles. The number of carbonyl (C=O) groups is 1. The van der Waals surface area contributed by atoms with Crippen LogP contribution >= 0.6 is 0 Å². The number of non-ortho nitro benzene ring substituents is 1. The number of esters is 1. The lowest BCUT2D eigenvalue weighted by molar-refractivity contribution is -0.383. The van der Waals surface area contributed by atoms with Gasteiger partial charge in [-0.1, -0.05) is 6.07 Å². The smallest absolute Gasteiger partial charge is 0.310 e. The predicted octanol–water partition coefficient (Wildman–Crippen LogP) is 1.79. The molecule has 0 radical (unpaired) electrons. The topological polar surface area (TPSA) is 85.2 Å². The number of aromatic amines is 1. The van der Waals surface area contributed by atoms with Crippen molar-refractivity contribution < 1.29 is 14.5 Å². The average molecular weight is 234 g/mol. The third-order valence-electron chi connectivity index (χ3n) is 2.52. The van der Waals surface area contributed by atoms with Gasteiger partial charge in [0.2, 0.25) is 0 Å². The molecule has 1 heterocycles.